The van der Waals surface area contributed by atoms with E-state index in [0.717, 1.165) is 17.9 Å². The maximum absolute atomic E-state index is 12.5. The average Bonchev–Trinajstić information content (AvgIpc) is 2.59. The number of thioether (sulfide) groups is 1. The molecule has 0 bridgehead atoms. The lowest BCUT2D eigenvalue weighted by molar-refractivity contribution is -0.137. The molecule has 0 saturated heterocycles. The lowest BCUT2D eigenvalue weighted by atomic mass is 10.1. The molecule has 0 atom stereocenters. The molecule has 1 N–H and O–H groups in total. The van der Waals surface area contributed by atoms with Crippen molar-refractivity contribution in [2.45, 2.75) is 25.6 Å². The molecule has 0 spiro atoms. The molecular formula is C12H12ClF3N2S. The first-order valence-corrected chi connectivity index (χ1v) is 6.90. The fourth-order valence-corrected chi connectivity index (χ4v) is 2.83. The van der Waals surface area contributed by atoms with Crippen LogP contribution >= 0.6 is 23.4 Å². The summed E-state index contributed by atoms with van der Waals surface area (Å²) in [4.78, 5) is 4.42. The van der Waals surface area contributed by atoms with Crippen LogP contribution in [0, 0.1) is 0 Å². The van der Waals surface area contributed by atoms with Crippen LogP contribution in [0.25, 0.3) is 0 Å². The van der Waals surface area contributed by atoms with E-state index in [2.05, 4.69) is 10.3 Å². The van der Waals surface area contributed by atoms with E-state index in [1.54, 1.807) is 0 Å². The van der Waals surface area contributed by atoms with Gasteiger partial charge in [-0.25, -0.2) is 0 Å². The largest absolute Gasteiger partial charge is 0.416 e. The quantitative estimate of drug-likeness (QED) is 0.816. The summed E-state index contributed by atoms with van der Waals surface area (Å²) in [5.41, 5.74) is -0.492. The second kappa shape index (κ2) is 4.90. The van der Waals surface area contributed by atoms with Gasteiger partial charge in [-0.1, -0.05) is 23.4 Å². The summed E-state index contributed by atoms with van der Waals surface area (Å²) in [6.45, 7) is 3.98. The van der Waals surface area contributed by atoms with E-state index >= 15 is 0 Å². The zero-order valence-electron chi connectivity index (χ0n) is 10.3. The fraction of sp³-hybridized carbons (Fsp3) is 0.417. The number of halogens is 4. The number of nitrogens with one attached hydrogen (secondary N) is 1. The van der Waals surface area contributed by atoms with Crippen molar-refractivity contribution in [1.29, 1.82) is 0 Å². The van der Waals surface area contributed by atoms with Gasteiger partial charge in [0.25, 0.3) is 0 Å². The topological polar surface area (TPSA) is 24.4 Å². The lowest BCUT2D eigenvalue weighted by Gasteiger charge is -2.11. The van der Waals surface area contributed by atoms with Gasteiger partial charge in [0.1, 0.15) is 0 Å². The predicted octanol–water partition coefficient (Wildman–Crippen LogP) is 4.65. The third-order valence-corrected chi connectivity index (χ3v) is 4.13. The number of anilines is 1. The first-order valence-electron chi connectivity index (χ1n) is 5.54. The highest BCUT2D eigenvalue weighted by molar-refractivity contribution is 8.14. The molecule has 104 valence electrons. The first kappa shape index (κ1) is 14.5. The van der Waals surface area contributed by atoms with Gasteiger partial charge in [-0.15, -0.1) is 0 Å². The summed E-state index contributed by atoms with van der Waals surface area (Å²) >= 11 is 7.38. The molecule has 0 fully saturated rings. The molecule has 1 aromatic carbocycles. The lowest BCUT2D eigenvalue weighted by Crippen LogP contribution is -2.15. The Balaban J connectivity index is 2.19. The highest BCUT2D eigenvalue weighted by Gasteiger charge is 2.31. The number of alkyl halides is 3. The van der Waals surface area contributed by atoms with E-state index in [1.165, 1.54) is 17.8 Å². The van der Waals surface area contributed by atoms with Crippen LogP contribution in [0.15, 0.2) is 23.2 Å². The van der Waals surface area contributed by atoms with Gasteiger partial charge in [0.2, 0.25) is 0 Å². The standard InChI is InChI=1S/C12H12ClF3N2S/c1-11(2)6-19-10(18-11)17-9-4-3-7(5-8(9)13)12(14,15)16/h3-5H,6H2,1-2H3,(H,17,18). The van der Waals surface area contributed by atoms with E-state index in [-0.39, 0.29) is 10.6 Å². The van der Waals surface area contributed by atoms with Crippen molar-refractivity contribution in [1.82, 2.24) is 0 Å². The van der Waals surface area contributed by atoms with Crippen molar-refractivity contribution in [3.05, 3.63) is 28.8 Å². The van der Waals surface area contributed by atoms with Crippen molar-refractivity contribution >= 4 is 34.2 Å². The highest BCUT2D eigenvalue weighted by atomic mass is 35.5. The van der Waals surface area contributed by atoms with E-state index < -0.39 is 11.7 Å². The minimum absolute atomic E-state index is 0.0304. The van der Waals surface area contributed by atoms with Crippen LogP contribution in [0.5, 0.6) is 0 Å². The van der Waals surface area contributed by atoms with Crippen molar-refractivity contribution in [2.75, 3.05) is 11.1 Å². The molecule has 1 aliphatic rings. The van der Waals surface area contributed by atoms with Crippen LogP contribution in [0.4, 0.5) is 18.9 Å². The van der Waals surface area contributed by atoms with Crippen LogP contribution < -0.4 is 5.32 Å². The van der Waals surface area contributed by atoms with Crippen LogP contribution in [-0.4, -0.2) is 16.5 Å². The second-order valence-corrected chi connectivity index (χ2v) is 6.21. The normalized spacial score (nSPS) is 18.3. The van der Waals surface area contributed by atoms with Gasteiger partial charge in [0.05, 0.1) is 21.8 Å². The molecule has 0 radical (unpaired) electrons. The van der Waals surface area contributed by atoms with Gasteiger partial charge in [-0.2, -0.15) is 13.2 Å². The van der Waals surface area contributed by atoms with Crippen molar-refractivity contribution in [3.8, 4) is 0 Å². The Hall–Kier alpha value is -0.880. The Kier molecular flexibility index (Phi) is 3.75. The van der Waals surface area contributed by atoms with E-state index in [1.807, 2.05) is 13.8 Å². The molecule has 7 heteroatoms. The third-order valence-electron chi connectivity index (χ3n) is 2.50. The molecular weight excluding hydrogens is 297 g/mol. The Morgan fingerprint density at radius 1 is 1.37 bits per heavy atom. The summed E-state index contributed by atoms with van der Waals surface area (Å²) in [7, 11) is 0. The van der Waals surface area contributed by atoms with Gasteiger partial charge >= 0.3 is 6.18 Å². The van der Waals surface area contributed by atoms with Gasteiger partial charge < -0.3 is 5.32 Å². The number of aliphatic imine (C=N–C) groups is 1. The van der Waals surface area contributed by atoms with Gasteiger partial charge in [0.15, 0.2) is 5.17 Å². The molecule has 2 rings (SSSR count). The molecule has 1 aliphatic heterocycles. The first-order chi connectivity index (χ1) is 8.67. The summed E-state index contributed by atoms with van der Waals surface area (Å²) < 4.78 is 37.5. The third kappa shape index (κ3) is 3.57. The molecule has 19 heavy (non-hydrogen) atoms. The Morgan fingerprint density at radius 3 is 2.53 bits per heavy atom. The molecule has 2 nitrogen and oxygen atoms in total. The maximum Gasteiger partial charge on any atom is 0.416 e. The van der Waals surface area contributed by atoms with Crippen molar-refractivity contribution in [2.24, 2.45) is 4.99 Å². The zero-order chi connectivity index (χ0) is 14.3. The van der Waals surface area contributed by atoms with Gasteiger partial charge in [-0.3, -0.25) is 4.99 Å². The van der Waals surface area contributed by atoms with Crippen LogP contribution in [0.3, 0.4) is 0 Å². The number of hydrogen-bond donors (Lipinski definition) is 1. The van der Waals surface area contributed by atoms with Crippen LogP contribution in [0.1, 0.15) is 19.4 Å². The monoisotopic (exact) mass is 308 g/mol. The van der Waals surface area contributed by atoms with Crippen molar-refractivity contribution in [3.63, 3.8) is 0 Å². The van der Waals surface area contributed by atoms with Gasteiger partial charge in [-0.05, 0) is 32.0 Å². The second-order valence-electron chi connectivity index (χ2n) is 4.84. The highest BCUT2D eigenvalue weighted by Crippen LogP contribution is 2.35. The number of hydrogen-bond acceptors (Lipinski definition) is 3. The molecule has 0 aliphatic carbocycles. The SMILES string of the molecule is CC1(C)CSC(Nc2ccc(C(F)(F)F)cc2Cl)=N1. The number of benzene rings is 1. The molecule has 1 aromatic rings. The summed E-state index contributed by atoms with van der Waals surface area (Å²) in [5, 5.41) is 3.66. The molecule has 0 unspecified atom stereocenters. The number of nitrogens with zero attached hydrogens (tertiary/aromatic N) is 1. The van der Waals surface area contributed by atoms with Crippen LogP contribution in [0.2, 0.25) is 5.02 Å². The Labute approximate surface area is 118 Å². The summed E-state index contributed by atoms with van der Waals surface area (Å²) in [6, 6.07) is 3.23. The summed E-state index contributed by atoms with van der Waals surface area (Å²) in [5.74, 6) is 0.827. The predicted molar refractivity (Wildman–Crippen MR) is 74.0 cm³/mol. The average molecular weight is 309 g/mol. The Bertz CT molecular complexity index is 526. The molecule has 1 heterocycles. The molecule has 0 aromatic heterocycles. The smallest absolute Gasteiger partial charge is 0.334 e. The van der Waals surface area contributed by atoms with E-state index in [4.69, 9.17) is 11.6 Å². The fourth-order valence-electron chi connectivity index (χ4n) is 1.56. The minimum atomic E-state index is -4.39. The molecule has 0 saturated carbocycles. The van der Waals surface area contributed by atoms with Crippen LogP contribution in [-0.2, 0) is 6.18 Å². The minimum Gasteiger partial charge on any atom is -0.334 e. The zero-order valence-corrected chi connectivity index (χ0v) is 11.9. The maximum atomic E-state index is 12.5. The van der Waals surface area contributed by atoms with E-state index in [9.17, 15) is 13.2 Å². The number of amidine groups is 1. The number of rotatable bonds is 1. The molecule has 0 amide bonds. The van der Waals surface area contributed by atoms with E-state index in [0.29, 0.717) is 10.9 Å². The van der Waals surface area contributed by atoms with Gasteiger partial charge in [0, 0.05) is 5.75 Å². The summed E-state index contributed by atoms with van der Waals surface area (Å²) in [6.07, 6.45) is -4.39. The Morgan fingerprint density at radius 2 is 2.05 bits per heavy atom. The van der Waals surface area contributed by atoms with Crippen molar-refractivity contribution < 1.29 is 13.2 Å².